The summed E-state index contributed by atoms with van der Waals surface area (Å²) < 4.78 is 10.7. The number of aromatic nitrogens is 2. The Morgan fingerprint density at radius 3 is 2.44 bits per heavy atom. The molecule has 5 heteroatoms. The van der Waals surface area contributed by atoms with E-state index in [0.717, 1.165) is 31.9 Å². The van der Waals surface area contributed by atoms with Crippen LogP contribution in [0.4, 0.5) is 0 Å². The van der Waals surface area contributed by atoms with Crippen molar-refractivity contribution in [1.82, 2.24) is 10.1 Å². The number of aliphatic hydroxyl groups excluding tert-OH is 1. The van der Waals surface area contributed by atoms with Gasteiger partial charge < -0.3 is 14.4 Å². The maximum absolute atomic E-state index is 9.81. The molecule has 0 spiro atoms. The van der Waals surface area contributed by atoms with Gasteiger partial charge in [-0.3, -0.25) is 0 Å². The Labute approximate surface area is 108 Å². The van der Waals surface area contributed by atoms with Crippen molar-refractivity contribution in [2.45, 2.75) is 51.6 Å². The molecule has 2 atom stereocenters. The molecule has 0 radical (unpaired) electrons. The molecule has 2 heterocycles. The largest absolute Gasteiger partial charge is 0.393 e. The zero-order valence-corrected chi connectivity index (χ0v) is 11.3. The number of ether oxygens (including phenoxy) is 1. The van der Waals surface area contributed by atoms with Gasteiger partial charge >= 0.3 is 0 Å². The summed E-state index contributed by atoms with van der Waals surface area (Å²) in [6, 6.07) is 0. The van der Waals surface area contributed by atoms with Crippen molar-refractivity contribution in [3.8, 4) is 0 Å². The van der Waals surface area contributed by atoms with Crippen molar-refractivity contribution in [3.63, 3.8) is 0 Å². The maximum Gasteiger partial charge on any atom is 0.232 e. The zero-order valence-electron chi connectivity index (χ0n) is 11.3. The lowest BCUT2D eigenvalue weighted by Gasteiger charge is -2.20. The third-order valence-corrected chi connectivity index (χ3v) is 3.57. The first-order valence-corrected chi connectivity index (χ1v) is 6.69. The second-order valence-corrected chi connectivity index (χ2v) is 5.39. The highest BCUT2D eigenvalue weighted by atomic mass is 16.5. The first kappa shape index (κ1) is 13.5. The molecule has 1 aromatic rings. The summed E-state index contributed by atoms with van der Waals surface area (Å²) in [7, 11) is 0. The molecule has 18 heavy (non-hydrogen) atoms. The van der Waals surface area contributed by atoms with Crippen LogP contribution in [0, 0.1) is 5.92 Å². The van der Waals surface area contributed by atoms with Crippen LogP contribution in [-0.4, -0.2) is 34.6 Å². The summed E-state index contributed by atoms with van der Waals surface area (Å²) in [4.78, 5) is 4.48. The maximum atomic E-state index is 9.81. The quantitative estimate of drug-likeness (QED) is 0.891. The van der Waals surface area contributed by atoms with Crippen LogP contribution < -0.4 is 0 Å². The second-order valence-electron chi connectivity index (χ2n) is 5.39. The van der Waals surface area contributed by atoms with Gasteiger partial charge in [0.05, 0.1) is 12.0 Å². The monoisotopic (exact) mass is 254 g/mol. The Kier molecular flexibility index (Phi) is 4.35. The number of hydrogen-bond donors (Lipinski definition) is 1. The minimum atomic E-state index is -0.479. The van der Waals surface area contributed by atoms with Gasteiger partial charge in [-0.1, -0.05) is 19.0 Å². The Balaban J connectivity index is 2.13. The highest BCUT2D eigenvalue weighted by Crippen LogP contribution is 2.30. The molecule has 0 aliphatic carbocycles. The highest BCUT2D eigenvalue weighted by molar-refractivity contribution is 5.02. The van der Waals surface area contributed by atoms with E-state index in [-0.39, 0.29) is 11.8 Å². The minimum absolute atomic E-state index is 0.0916. The van der Waals surface area contributed by atoms with Crippen molar-refractivity contribution < 1.29 is 14.4 Å². The van der Waals surface area contributed by atoms with E-state index in [4.69, 9.17) is 9.26 Å². The predicted octanol–water partition coefficient (Wildman–Crippen LogP) is 2.08. The number of nitrogens with zero attached hydrogens (tertiary/aromatic N) is 2. The van der Waals surface area contributed by atoms with Crippen molar-refractivity contribution in [2.24, 2.45) is 5.92 Å². The molecule has 1 aliphatic rings. The van der Waals surface area contributed by atoms with Crippen LogP contribution in [0.5, 0.6) is 0 Å². The van der Waals surface area contributed by atoms with Crippen LogP contribution in [-0.2, 0) is 4.74 Å². The summed E-state index contributed by atoms with van der Waals surface area (Å²) in [5.41, 5.74) is 0. The van der Waals surface area contributed by atoms with Gasteiger partial charge in [-0.25, -0.2) is 0 Å². The van der Waals surface area contributed by atoms with E-state index in [1.165, 1.54) is 0 Å². The molecule has 0 saturated carbocycles. The summed E-state index contributed by atoms with van der Waals surface area (Å²) in [6.07, 6.45) is 1.41. The molecule has 1 fully saturated rings. The lowest BCUT2D eigenvalue weighted by Crippen LogP contribution is -2.21. The second kappa shape index (κ2) is 5.80. The molecule has 0 amide bonds. The lowest BCUT2D eigenvalue weighted by molar-refractivity contribution is 0.0830. The average Bonchev–Trinajstić information content (AvgIpc) is 2.78. The molecule has 1 saturated heterocycles. The van der Waals surface area contributed by atoms with E-state index in [9.17, 15) is 5.11 Å². The molecular formula is C13H22N2O3. The normalized spacial score (nSPS) is 21.2. The topological polar surface area (TPSA) is 68.4 Å². The molecule has 102 valence electrons. The standard InChI is InChI=1S/C13H22N2O3/c1-8(2)11(9(3)16)13-14-12(15-18-13)10-4-6-17-7-5-10/h8-11,16H,4-7H2,1-3H3. The lowest BCUT2D eigenvalue weighted by atomic mass is 9.91. The van der Waals surface area contributed by atoms with Crippen LogP contribution in [0.25, 0.3) is 0 Å². The van der Waals surface area contributed by atoms with Crippen LogP contribution in [0.2, 0.25) is 0 Å². The molecule has 0 aromatic carbocycles. The van der Waals surface area contributed by atoms with Gasteiger partial charge in [-0.2, -0.15) is 4.98 Å². The van der Waals surface area contributed by atoms with Gasteiger partial charge in [0.25, 0.3) is 0 Å². The van der Waals surface area contributed by atoms with Gasteiger partial charge in [-0.05, 0) is 25.7 Å². The molecular weight excluding hydrogens is 232 g/mol. The van der Waals surface area contributed by atoms with Crippen LogP contribution in [0.15, 0.2) is 4.52 Å². The highest BCUT2D eigenvalue weighted by Gasteiger charge is 2.29. The van der Waals surface area contributed by atoms with E-state index < -0.39 is 6.10 Å². The Bertz CT molecular complexity index is 362. The van der Waals surface area contributed by atoms with Crippen LogP contribution in [0.1, 0.15) is 57.2 Å². The Morgan fingerprint density at radius 1 is 1.22 bits per heavy atom. The summed E-state index contributed by atoms with van der Waals surface area (Å²) >= 11 is 0. The van der Waals surface area contributed by atoms with Gasteiger partial charge in [0, 0.05) is 19.1 Å². The van der Waals surface area contributed by atoms with E-state index in [1.807, 2.05) is 0 Å². The molecule has 1 aliphatic heterocycles. The van der Waals surface area contributed by atoms with Gasteiger partial charge in [-0.15, -0.1) is 0 Å². The molecule has 2 unspecified atom stereocenters. The summed E-state index contributed by atoms with van der Waals surface area (Å²) in [5.74, 6) is 1.83. The minimum Gasteiger partial charge on any atom is -0.393 e. The van der Waals surface area contributed by atoms with E-state index in [2.05, 4.69) is 24.0 Å². The van der Waals surface area contributed by atoms with Crippen molar-refractivity contribution >= 4 is 0 Å². The van der Waals surface area contributed by atoms with Crippen molar-refractivity contribution in [3.05, 3.63) is 11.7 Å². The smallest absolute Gasteiger partial charge is 0.232 e. The first-order chi connectivity index (χ1) is 8.59. The fourth-order valence-electron chi connectivity index (χ4n) is 2.55. The van der Waals surface area contributed by atoms with Gasteiger partial charge in [0.1, 0.15) is 0 Å². The molecule has 0 bridgehead atoms. The fourth-order valence-corrected chi connectivity index (χ4v) is 2.55. The van der Waals surface area contributed by atoms with Gasteiger partial charge in [0.2, 0.25) is 5.89 Å². The Hall–Kier alpha value is -0.940. The number of aliphatic hydroxyl groups is 1. The van der Waals surface area contributed by atoms with Crippen molar-refractivity contribution in [1.29, 1.82) is 0 Å². The first-order valence-electron chi connectivity index (χ1n) is 6.69. The fraction of sp³-hybridized carbons (Fsp3) is 0.846. The molecule has 2 rings (SSSR count). The molecule has 5 nitrogen and oxygen atoms in total. The SMILES string of the molecule is CC(C)C(c1nc(C2CCOCC2)no1)C(C)O. The van der Waals surface area contributed by atoms with Crippen LogP contribution >= 0.6 is 0 Å². The third-order valence-electron chi connectivity index (χ3n) is 3.57. The number of rotatable bonds is 4. The summed E-state index contributed by atoms with van der Waals surface area (Å²) in [5, 5.41) is 13.9. The van der Waals surface area contributed by atoms with E-state index in [0.29, 0.717) is 11.8 Å². The van der Waals surface area contributed by atoms with Gasteiger partial charge in [0.15, 0.2) is 5.82 Å². The zero-order chi connectivity index (χ0) is 13.1. The van der Waals surface area contributed by atoms with Crippen LogP contribution in [0.3, 0.4) is 0 Å². The number of hydrogen-bond acceptors (Lipinski definition) is 5. The average molecular weight is 254 g/mol. The summed E-state index contributed by atoms with van der Waals surface area (Å²) in [6.45, 7) is 7.39. The third kappa shape index (κ3) is 2.90. The van der Waals surface area contributed by atoms with E-state index >= 15 is 0 Å². The molecule has 1 N–H and O–H groups in total. The van der Waals surface area contributed by atoms with E-state index in [1.54, 1.807) is 6.92 Å². The molecule has 1 aromatic heterocycles. The Morgan fingerprint density at radius 2 is 1.89 bits per heavy atom. The van der Waals surface area contributed by atoms with Crippen molar-refractivity contribution in [2.75, 3.05) is 13.2 Å². The predicted molar refractivity (Wildman–Crippen MR) is 66.4 cm³/mol.